The van der Waals surface area contributed by atoms with Crippen LogP contribution < -0.4 is 15.3 Å². The largest absolute Gasteiger partial charge is 0.494 e. The number of nitrogens with two attached hydrogens (primary N) is 1. The minimum Gasteiger partial charge on any atom is -0.494 e. The van der Waals surface area contributed by atoms with Gasteiger partial charge in [-0.2, -0.15) is 0 Å². The molecule has 0 fully saturated rings. The van der Waals surface area contributed by atoms with Crippen molar-refractivity contribution in [3.05, 3.63) is 74.2 Å². The van der Waals surface area contributed by atoms with Gasteiger partial charge in [0.1, 0.15) is 11.5 Å². The maximum absolute atomic E-state index is 11.2. The number of esters is 1. The lowest BCUT2D eigenvalue weighted by Gasteiger charge is -2.12. The molecule has 0 amide bonds. The van der Waals surface area contributed by atoms with Crippen molar-refractivity contribution < 1.29 is 19.4 Å². The minimum absolute atomic E-state index is 0.0798. The molecule has 1 unspecified atom stereocenters. The Bertz CT molecular complexity index is 993. The fourth-order valence-electron chi connectivity index (χ4n) is 2.65. The molecule has 0 bridgehead atoms. The molecule has 0 aliphatic heterocycles. The molecule has 7 nitrogen and oxygen atoms in total. The Labute approximate surface area is 165 Å². The van der Waals surface area contributed by atoms with Crippen LogP contribution in [0.3, 0.4) is 0 Å². The van der Waals surface area contributed by atoms with E-state index in [1.54, 1.807) is 0 Å². The molecule has 3 aromatic rings. The third-order valence-corrected chi connectivity index (χ3v) is 4.77. The molecule has 1 atom stereocenters. The zero-order valence-electron chi connectivity index (χ0n) is 15.2. The van der Waals surface area contributed by atoms with E-state index in [0.717, 1.165) is 22.5 Å². The van der Waals surface area contributed by atoms with Crippen LogP contribution in [0.15, 0.2) is 53.3 Å². The normalized spacial score (nSPS) is 11.8. The average molecular weight is 400 g/mol. The number of carbonyl (C=O) groups excluding carboxylic acids is 1. The van der Waals surface area contributed by atoms with Crippen LogP contribution in [0.2, 0.25) is 0 Å². The summed E-state index contributed by atoms with van der Waals surface area (Å²) >= 11 is 0.996. The molecule has 2 aromatic carbocycles. The molecule has 0 spiro atoms. The van der Waals surface area contributed by atoms with E-state index in [9.17, 15) is 14.7 Å². The van der Waals surface area contributed by atoms with Crippen LogP contribution >= 0.6 is 11.3 Å². The monoisotopic (exact) mass is 400 g/mol. The lowest BCUT2D eigenvalue weighted by atomic mass is 10.1. The van der Waals surface area contributed by atoms with Crippen molar-refractivity contribution in [1.82, 2.24) is 4.98 Å². The molecule has 146 valence electrons. The van der Waals surface area contributed by atoms with Gasteiger partial charge in [-0.3, -0.25) is 20.3 Å². The van der Waals surface area contributed by atoms with Gasteiger partial charge in [0, 0.05) is 19.8 Å². The standard InChI is InChI=1S/C20H20N2O5S/c1-12(23)26-18(21)11-14-4-8-16(9-5-14)27-15-6-2-13(3-7-15)10-17-19(24)22-20(25)28-17/h2-9,18,24H,10-11,21H2,1H3,(H,22,25). The van der Waals surface area contributed by atoms with Crippen LogP contribution in [0.5, 0.6) is 17.4 Å². The summed E-state index contributed by atoms with van der Waals surface area (Å²) in [6, 6.07) is 14.8. The predicted molar refractivity (Wildman–Crippen MR) is 106 cm³/mol. The van der Waals surface area contributed by atoms with Crippen LogP contribution in [0.4, 0.5) is 0 Å². The molecule has 0 saturated carbocycles. The smallest absolute Gasteiger partial charge is 0.307 e. The highest BCUT2D eigenvalue weighted by Gasteiger charge is 2.09. The number of nitrogens with one attached hydrogen (secondary N) is 1. The van der Waals surface area contributed by atoms with Gasteiger partial charge in [-0.15, -0.1) is 0 Å². The molecule has 8 heteroatoms. The Kier molecular flexibility index (Phi) is 6.13. The van der Waals surface area contributed by atoms with E-state index in [1.807, 2.05) is 48.5 Å². The number of aromatic hydroxyl groups is 1. The summed E-state index contributed by atoms with van der Waals surface area (Å²) < 4.78 is 10.7. The van der Waals surface area contributed by atoms with Gasteiger partial charge in [0.25, 0.3) is 0 Å². The van der Waals surface area contributed by atoms with Gasteiger partial charge >= 0.3 is 10.8 Å². The van der Waals surface area contributed by atoms with Crippen molar-refractivity contribution >= 4 is 17.3 Å². The van der Waals surface area contributed by atoms with Crippen LogP contribution in [0, 0.1) is 0 Å². The highest BCUT2D eigenvalue weighted by molar-refractivity contribution is 7.09. The first kappa shape index (κ1) is 19.7. The van der Waals surface area contributed by atoms with E-state index >= 15 is 0 Å². The van der Waals surface area contributed by atoms with Crippen LogP contribution in [0.25, 0.3) is 0 Å². The SMILES string of the molecule is CC(=O)OC(N)Cc1ccc(Oc2ccc(Cc3sc(=O)[nH]c3O)cc2)cc1. The molecule has 1 aromatic heterocycles. The summed E-state index contributed by atoms with van der Waals surface area (Å²) in [7, 11) is 0. The number of rotatable bonds is 7. The van der Waals surface area contributed by atoms with Crippen molar-refractivity contribution in [3.63, 3.8) is 0 Å². The summed E-state index contributed by atoms with van der Waals surface area (Å²) in [4.78, 5) is 24.8. The van der Waals surface area contributed by atoms with Crippen LogP contribution in [-0.2, 0) is 22.4 Å². The van der Waals surface area contributed by atoms with Gasteiger partial charge in [-0.1, -0.05) is 35.6 Å². The van der Waals surface area contributed by atoms with Crippen molar-refractivity contribution in [2.45, 2.75) is 26.0 Å². The number of aromatic amines is 1. The number of thiazole rings is 1. The van der Waals surface area contributed by atoms with E-state index < -0.39 is 12.2 Å². The third-order valence-electron chi connectivity index (χ3n) is 3.90. The van der Waals surface area contributed by atoms with Crippen LogP contribution in [-0.4, -0.2) is 22.3 Å². The lowest BCUT2D eigenvalue weighted by Crippen LogP contribution is -2.28. The topological polar surface area (TPSA) is 115 Å². The fraction of sp³-hybridized carbons (Fsp3) is 0.200. The van der Waals surface area contributed by atoms with Gasteiger partial charge in [-0.25, -0.2) is 0 Å². The van der Waals surface area contributed by atoms with E-state index in [-0.39, 0.29) is 10.8 Å². The summed E-state index contributed by atoms with van der Waals surface area (Å²) in [6.45, 7) is 1.32. The van der Waals surface area contributed by atoms with Gasteiger partial charge in [0.05, 0.1) is 4.88 Å². The molecular weight excluding hydrogens is 380 g/mol. The number of ether oxygens (including phenoxy) is 2. The van der Waals surface area contributed by atoms with E-state index in [2.05, 4.69) is 4.98 Å². The molecule has 0 aliphatic rings. The zero-order valence-corrected chi connectivity index (χ0v) is 16.0. The Balaban J connectivity index is 1.58. The second kappa shape index (κ2) is 8.73. The van der Waals surface area contributed by atoms with Crippen molar-refractivity contribution in [1.29, 1.82) is 0 Å². The van der Waals surface area contributed by atoms with E-state index in [0.29, 0.717) is 29.2 Å². The zero-order chi connectivity index (χ0) is 20.1. The summed E-state index contributed by atoms with van der Waals surface area (Å²) in [5.74, 6) is 0.847. The number of benzene rings is 2. The molecule has 28 heavy (non-hydrogen) atoms. The molecule has 0 aliphatic carbocycles. The minimum atomic E-state index is -0.671. The number of hydrogen-bond acceptors (Lipinski definition) is 7. The van der Waals surface area contributed by atoms with E-state index in [1.165, 1.54) is 6.92 Å². The van der Waals surface area contributed by atoms with Gasteiger partial charge in [0.2, 0.25) is 5.88 Å². The van der Waals surface area contributed by atoms with Gasteiger partial charge in [0.15, 0.2) is 6.23 Å². The fourth-order valence-corrected chi connectivity index (χ4v) is 3.41. The summed E-state index contributed by atoms with van der Waals surface area (Å²) in [6.07, 6.45) is 0.217. The van der Waals surface area contributed by atoms with Crippen molar-refractivity contribution in [2.75, 3.05) is 0 Å². The molecule has 4 N–H and O–H groups in total. The lowest BCUT2D eigenvalue weighted by molar-refractivity contribution is -0.145. The molecular formula is C20H20N2O5S. The summed E-state index contributed by atoms with van der Waals surface area (Å²) in [5, 5.41) is 9.66. The first-order valence-corrected chi connectivity index (χ1v) is 9.40. The number of hydrogen-bond donors (Lipinski definition) is 3. The number of aromatic nitrogens is 1. The highest BCUT2D eigenvalue weighted by atomic mass is 32.1. The predicted octanol–water partition coefficient (Wildman–Crippen LogP) is 2.92. The molecule has 0 radical (unpaired) electrons. The van der Waals surface area contributed by atoms with Crippen molar-refractivity contribution in [3.8, 4) is 17.4 Å². The first-order valence-electron chi connectivity index (χ1n) is 8.58. The van der Waals surface area contributed by atoms with Crippen LogP contribution in [0.1, 0.15) is 22.9 Å². The maximum Gasteiger partial charge on any atom is 0.307 e. The summed E-state index contributed by atoms with van der Waals surface area (Å²) in [5.41, 5.74) is 7.62. The maximum atomic E-state index is 11.2. The second-order valence-electron chi connectivity index (χ2n) is 6.21. The number of H-pyrrole nitrogens is 1. The quantitative estimate of drug-likeness (QED) is 0.415. The molecule has 1 heterocycles. The number of carbonyl (C=O) groups is 1. The Morgan fingerprint density at radius 1 is 1.11 bits per heavy atom. The second-order valence-corrected chi connectivity index (χ2v) is 7.27. The highest BCUT2D eigenvalue weighted by Crippen LogP contribution is 2.25. The van der Waals surface area contributed by atoms with Crippen molar-refractivity contribution in [2.24, 2.45) is 5.73 Å². The Morgan fingerprint density at radius 2 is 1.68 bits per heavy atom. The van der Waals surface area contributed by atoms with Gasteiger partial charge in [-0.05, 0) is 35.4 Å². The Morgan fingerprint density at radius 3 is 2.18 bits per heavy atom. The average Bonchev–Trinajstić information content (AvgIpc) is 2.95. The molecule has 0 saturated heterocycles. The Hall–Kier alpha value is -3.10. The third kappa shape index (κ3) is 5.45. The van der Waals surface area contributed by atoms with E-state index in [4.69, 9.17) is 15.2 Å². The van der Waals surface area contributed by atoms with Gasteiger partial charge < -0.3 is 14.6 Å². The molecule has 3 rings (SSSR count). The first-order chi connectivity index (χ1) is 13.4.